The van der Waals surface area contributed by atoms with Crippen molar-refractivity contribution in [3.63, 3.8) is 0 Å². The van der Waals surface area contributed by atoms with Gasteiger partial charge in [-0.2, -0.15) is 0 Å². The summed E-state index contributed by atoms with van der Waals surface area (Å²) in [6.07, 6.45) is 18.5. The molecule has 0 fully saturated rings. The summed E-state index contributed by atoms with van der Waals surface area (Å²) >= 11 is 0. The summed E-state index contributed by atoms with van der Waals surface area (Å²) in [5.41, 5.74) is -0.375. The number of nitrogens with zero attached hydrogens (tertiary/aromatic N) is 1. The van der Waals surface area contributed by atoms with Gasteiger partial charge in [-0.3, -0.25) is 14.4 Å². The van der Waals surface area contributed by atoms with Crippen molar-refractivity contribution in [3.05, 3.63) is 0 Å². The Balaban J connectivity index is 3.43. The van der Waals surface area contributed by atoms with Crippen LogP contribution in [-0.4, -0.2) is 95.2 Å². The molecule has 9 nitrogen and oxygen atoms in total. The van der Waals surface area contributed by atoms with Crippen LogP contribution >= 0.6 is 0 Å². The third kappa shape index (κ3) is 31.5. The number of methoxy groups -OCH3 is 1. The maximum atomic E-state index is 12.2. The van der Waals surface area contributed by atoms with E-state index < -0.39 is 0 Å². The molecule has 0 aliphatic rings. The van der Waals surface area contributed by atoms with Gasteiger partial charge in [0.2, 0.25) is 5.91 Å². The van der Waals surface area contributed by atoms with Crippen molar-refractivity contribution in [2.24, 2.45) is 0 Å². The fourth-order valence-electron chi connectivity index (χ4n) is 4.66. The summed E-state index contributed by atoms with van der Waals surface area (Å²) in [7, 11) is 5.65. The van der Waals surface area contributed by atoms with Gasteiger partial charge in [-0.15, -0.1) is 0 Å². The number of hydrogen-bond acceptors (Lipinski definition) is 7. The molecule has 9 heteroatoms. The molecule has 1 amide bonds. The lowest BCUT2D eigenvalue weighted by Crippen LogP contribution is -2.47. The van der Waals surface area contributed by atoms with E-state index in [1.165, 1.54) is 71.3 Å². The van der Waals surface area contributed by atoms with Crippen molar-refractivity contribution in [1.29, 1.82) is 0 Å². The third-order valence-corrected chi connectivity index (χ3v) is 7.39. The summed E-state index contributed by atoms with van der Waals surface area (Å²) in [4.78, 5) is 34.9. The Labute approximate surface area is 263 Å². The van der Waals surface area contributed by atoms with Gasteiger partial charge in [0.25, 0.3) is 0 Å². The zero-order valence-corrected chi connectivity index (χ0v) is 28.8. The summed E-state index contributed by atoms with van der Waals surface area (Å²) in [6, 6.07) is 0. The Bertz CT molecular complexity index is 707. The average molecular weight is 616 g/mol. The van der Waals surface area contributed by atoms with E-state index in [4.69, 9.17) is 14.2 Å². The monoisotopic (exact) mass is 615 g/mol. The Hall–Kier alpha value is -1.71. The van der Waals surface area contributed by atoms with Crippen LogP contribution < -0.4 is 5.32 Å². The molecule has 0 spiro atoms. The van der Waals surface area contributed by atoms with E-state index in [-0.39, 0.29) is 29.9 Å². The number of esters is 2. The molecule has 0 rings (SSSR count). The van der Waals surface area contributed by atoms with Crippen molar-refractivity contribution in [3.8, 4) is 0 Å². The molecule has 0 saturated heterocycles. The second kappa shape index (κ2) is 26.7. The van der Waals surface area contributed by atoms with E-state index in [9.17, 15) is 14.4 Å². The molecule has 0 heterocycles. The van der Waals surface area contributed by atoms with Crippen molar-refractivity contribution in [2.45, 2.75) is 136 Å². The molecule has 0 aromatic heterocycles. The highest BCUT2D eigenvalue weighted by Gasteiger charge is 2.16. The van der Waals surface area contributed by atoms with Crippen molar-refractivity contribution < 1.29 is 37.8 Å². The van der Waals surface area contributed by atoms with Gasteiger partial charge < -0.3 is 28.7 Å². The van der Waals surface area contributed by atoms with E-state index >= 15 is 0 Å². The molecule has 0 atom stereocenters. The minimum atomic E-state index is -0.375. The minimum absolute atomic E-state index is 0.0716. The first-order chi connectivity index (χ1) is 20.4. The van der Waals surface area contributed by atoms with E-state index in [1.54, 1.807) is 0 Å². The fraction of sp³-hybridized carbons (Fsp3) is 0.912. The normalized spacial score (nSPS) is 11.9. The van der Waals surface area contributed by atoms with Gasteiger partial charge >= 0.3 is 11.9 Å². The lowest BCUT2D eigenvalue weighted by molar-refractivity contribution is -0.889. The standard InChI is InChI=1S/C34H66N2O7/c1-34(2,3)43-33(39)22-20-18-16-14-12-10-8-7-9-11-13-15-17-19-21-31(37)35-24-25-36(4,5)26-28-42-30-29-41-27-23-32(38)40-6/h7-30H2,1-6H3/p+1. The van der Waals surface area contributed by atoms with Gasteiger partial charge in [-0.1, -0.05) is 77.0 Å². The van der Waals surface area contributed by atoms with Crippen LogP contribution in [0.25, 0.3) is 0 Å². The summed E-state index contributed by atoms with van der Waals surface area (Å²) in [5.74, 6) is -0.185. The summed E-state index contributed by atoms with van der Waals surface area (Å²) < 4.78 is 21.7. The maximum Gasteiger partial charge on any atom is 0.307 e. The SMILES string of the molecule is COC(=O)CCOCCOCC[N+](C)(C)CCNC(=O)CCCCCCCCCCCCCCCCC(=O)OC(C)(C)C. The van der Waals surface area contributed by atoms with E-state index in [1.807, 2.05) is 20.8 Å². The predicted octanol–water partition coefficient (Wildman–Crippen LogP) is 6.36. The first kappa shape index (κ1) is 41.3. The molecule has 0 saturated carbocycles. The summed E-state index contributed by atoms with van der Waals surface area (Å²) in [6.45, 7) is 10.1. The largest absolute Gasteiger partial charge is 0.469 e. The fourth-order valence-corrected chi connectivity index (χ4v) is 4.66. The first-order valence-electron chi connectivity index (χ1n) is 17.0. The van der Waals surface area contributed by atoms with Crippen LogP contribution in [0.3, 0.4) is 0 Å². The molecule has 0 bridgehead atoms. The molecule has 254 valence electrons. The maximum absolute atomic E-state index is 12.2. The Morgan fingerprint density at radius 1 is 0.581 bits per heavy atom. The van der Waals surface area contributed by atoms with Crippen LogP contribution in [0, 0.1) is 0 Å². The number of quaternary nitrogens is 1. The van der Waals surface area contributed by atoms with E-state index in [0.717, 1.165) is 43.3 Å². The van der Waals surface area contributed by atoms with Crippen LogP contribution in [0.5, 0.6) is 0 Å². The third-order valence-electron chi connectivity index (χ3n) is 7.39. The number of ether oxygens (including phenoxy) is 4. The number of nitrogens with one attached hydrogen (secondary N) is 1. The number of likely N-dealkylation sites (N-methyl/N-ethyl adjacent to an activating group) is 1. The zero-order valence-electron chi connectivity index (χ0n) is 28.8. The number of carbonyl (C=O) groups excluding carboxylic acids is 3. The van der Waals surface area contributed by atoms with Crippen molar-refractivity contribution in [1.82, 2.24) is 5.32 Å². The summed E-state index contributed by atoms with van der Waals surface area (Å²) in [5, 5.41) is 3.07. The predicted molar refractivity (Wildman–Crippen MR) is 173 cm³/mol. The number of rotatable bonds is 29. The zero-order chi connectivity index (χ0) is 32.2. The van der Waals surface area contributed by atoms with Gasteiger partial charge in [-0.25, -0.2) is 0 Å². The molecule has 0 radical (unpaired) electrons. The lowest BCUT2D eigenvalue weighted by Gasteiger charge is -2.29. The molecular formula is C34H67N2O7+. The number of unbranched alkanes of at least 4 members (excludes halogenated alkanes) is 13. The molecule has 0 aliphatic carbocycles. The molecule has 0 aliphatic heterocycles. The quantitative estimate of drug-likeness (QED) is 0.0594. The molecule has 0 aromatic rings. The molecular weight excluding hydrogens is 548 g/mol. The van der Waals surface area contributed by atoms with Crippen molar-refractivity contribution >= 4 is 17.8 Å². The number of carbonyl (C=O) groups is 3. The first-order valence-corrected chi connectivity index (χ1v) is 17.0. The van der Waals surface area contributed by atoms with Crippen LogP contribution in [-0.2, 0) is 33.3 Å². The van der Waals surface area contributed by atoms with Crippen LogP contribution in [0.15, 0.2) is 0 Å². The minimum Gasteiger partial charge on any atom is -0.469 e. The van der Waals surface area contributed by atoms with Crippen LogP contribution in [0.2, 0.25) is 0 Å². The molecule has 0 aromatic carbocycles. The molecule has 43 heavy (non-hydrogen) atoms. The van der Waals surface area contributed by atoms with Crippen LogP contribution in [0.4, 0.5) is 0 Å². The number of hydrogen-bond donors (Lipinski definition) is 1. The Morgan fingerprint density at radius 3 is 1.53 bits per heavy atom. The second-order valence-corrected chi connectivity index (χ2v) is 13.3. The highest BCUT2D eigenvalue weighted by atomic mass is 16.6. The van der Waals surface area contributed by atoms with Gasteiger partial charge in [0.05, 0.1) is 67.1 Å². The number of amides is 1. The average Bonchev–Trinajstić information content (AvgIpc) is 2.92. The smallest absolute Gasteiger partial charge is 0.307 e. The highest BCUT2D eigenvalue weighted by molar-refractivity contribution is 5.75. The Morgan fingerprint density at radius 2 is 1.05 bits per heavy atom. The molecule has 1 N–H and O–H groups in total. The van der Waals surface area contributed by atoms with E-state index in [2.05, 4.69) is 24.1 Å². The van der Waals surface area contributed by atoms with Crippen molar-refractivity contribution in [2.75, 3.05) is 67.3 Å². The Kier molecular flexibility index (Phi) is 25.6. The highest BCUT2D eigenvalue weighted by Crippen LogP contribution is 2.15. The topological polar surface area (TPSA) is 100 Å². The van der Waals surface area contributed by atoms with E-state index in [0.29, 0.717) is 45.8 Å². The van der Waals surface area contributed by atoms with Gasteiger partial charge in [0, 0.05) is 12.8 Å². The lowest BCUT2D eigenvalue weighted by atomic mass is 10.0. The second-order valence-electron chi connectivity index (χ2n) is 13.3. The van der Waals surface area contributed by atoms with Gasteiger partial charge in [-0.05, 0) is 33.6 Å². The molecule has 0 unspecified atom stereocenters. The van der Waals surface area contributed by atoms with Gasteiger partial charge in [0.1, 0.15) is 12.1 Å². The van der Waals surface area contributed by atoms with Gasteiger partial charge in [0.15, 0.2) is 0 Å². The van der Waals surface area contributed by atoms with Crippen LogP contribution in [0.1, 0.15) is 130 Å².